The lowest BCUT2D eigenvalue weighted by molar-refractivity contribution is 0.846. The Morgan fingerprint density at radius 2 is 2.06 bits per heavy atom. The first-order chi connectivity index (χ1) is 7.72. The van der Waals surface area contributed by atoms with Crippen molar-refractivity contribution in [3.8, 4) is 0 Å². The summed E-state index contributed by atoms with van der Waals surface area (Å²) >= 11 is 0. The van der Waals surface area contributed by atoms with Gasteiger partial charge < -0.3 is 10.3 Å². The molecule has 16 heavy (non-hydrogen) atoms. The summed E-state index contributed by atoms with van der Waals surface area (Å²) < 4.78 is 0. The van der Waals surface area contributed by atoms with Crippen molar-refractivity contribution in [2.75, 3.05) is 18.0 Å². The number of pyridine rings is 1. The molecule has 0 radical (unpaired) electrons. The Bertz CT molecular complexity index is 361. The molecule has 3 nitrogen and oxygen atoms in total. The van der Waals surface area contributed by atoms with E-state index < -0.39 is 0 Å². The zero-order valence-corrected chi connectivity index (χ0v) is 10.2. The topological polar surface area (TPSA) is 40.0 Å². The fraction of sp³-hybridized carbons (Fsp3) is 0.385. The van der Waals surface area contributed by atoms with Gasteiger partial charge in [0.15, 0.2) is 0 Å². The van der Waals surface area contributed by atoms with Crippen LogP contribution < -0.4 is 4.90 Å². The standard InChI is InChI=1S/C13H19N3/c1-4-7-12(14)11-8-9-13(15-10-11)16(5-2)6-3/h4,7-10,14H,5-6H2,1-3H3/b7-4-,14-12?. The van der Waals surface area contributed by atoms with E-state index in [1.165, 1.54) is 0 Å². The second-order valence-electron chi connectivity index (χ2n) is 3.49. The van der Waals surface area contributed by atoms with Crippen LogP contribution in [0.15, 0.2) is 30.5 Å². The highest BCUT2D eigenvalue weighted by atomic mass is 15.2. The minimum absolute atomic E-state index is 0.501. The summed E-state index contributed by atoms with van der Waals surface area (Å²) in [5.41, 5.74) is 1.36. The van der Waals surface area contributed by atoms with Crippen molar-refractivity contribution in [3.05, 3.63) is 36.0 Å². The van der Waals surface area contributed by atoms with Crippen LogP contribution in [0.1, 0.15) is 26.3 Å². The molecule has 0 atom stereocenters. The van der Waals surface area contributed by atoms with Gasteiger partial charge in [-0.3, -0.25) is 0 Å². The zero-order valence-electron chi connectivity index (χ0n) is 10.2. The van der Waals surface area contributed by atoms with E-state index >= 15 is 0 Å². The van der Waals surface area contributed by atoms with Crippen LogP contribution in [0.3, 0.4) is 0 Å². The third-order valence-electron chi connectivity index (χ3n) is 2.48. The molecule has 0 aliphatic rings. The van der Waals surface area contributed by atoms with Crippen molar-refractivity contribution < 1.29 is 0 Å². The minimum atomic E-state index is 0.501. The number of nitrogens with one attached hydrogen (secondary N) is 1. The van der Waals surface area contributed by atoms with Gasteiger partial charge in [-0.1, -0.05) is 6.08 Å². The van der Waals surface area contributed by atoms with Gasteiger partial charge in [-0.2, -0.15) is 0 Å². The largest absolute Gasteiger partial charge is 0.357 e. The predicted octanol–water partition coefficient (Wildman–Crippen LogP) is 2.87. The van der Waals surface area contributed by atoms with E-state index in [1.54, 1.807) is 12.3 Å². The Labute approximate surface area is 97.3 Å². The Kier molecular flexibility index (Phi) is 4.70. The van der Waals surface area contributed by atoms with Crippen molar-refractivity contribution >= 4 is 11.5 Å². The van der Waals surface area contributed by atoms with E-state index in [0.29, 0.717) is 5.71 Å². The molecule has 86 valence electrons. The number of hydrogen-bond acceptors (Lipinski definition) is 3. The molecule has 0 fully saturated rings. The second-order valence-corrected chi connectivity index (χ2v) is 3.49. The number of allylic oxidation sites excluding steroid dienone is 2. The van der Waals surface area contributed by atoms with E-state index in [0.717, 1.165) is 24.5 Å². The van der Waals surface area contributed by atoms with E-state index in [4.69, 9.17) is 5.41 Å². The van der Waals surface area contributed by atoms with Gasteiger partial charge >= 0.3 is 0 Å². The normalized spacial score (nSPS) is 10.7. The summed E-state index contributed by atoms with van der Waals surface area (Å²) in [4.78, 5) is 6.56. The van der Waals surface area contributed by atoms with Gasteiger partial charge in [0.05, 0.1) is 5.71 Å². The maximum Gasteiger partial charge on any atom is 0.128 e. The average molecular weight is 217 g/mol. The number of aromatic nitrogens is 1. The van der Waals surface area contributed by atoms with Gasteiger partial charge in [0.25, 0.3) is 0 Å². The number of hydrogen-bond donors (Lipinski definition) is 1. The lowest BCUT2D eigenvalue weighted by Gasteiger charge is -2.19. The maximum absolute atomic E-state index is 7.76. The molecule has 1 N–H and O–H groups in total. The Morgan fingerprint density at radius 3 is 2.50 bits per heavy atom. The molecule has 0 saturated heterocycles. The second kappa shape index (κ2) is 6.05. The molecule has 0 amide bonds. The molecule has 1 rings (SSSR count). The Balaban J connectivity index is 2.86. The van der Waals surface area contributed by atoms with E-state index in [2.05, 4.69) is 23.7 Å². The molecule has 0 bridgehead atoms. The molecular formula is C13H19N3. The molecule has 1 heterocycles. The van der Waals surface area contributed by atoms with Crippen molar-refractivity contribution in [2.45, 2.75) is 20.8 Å². The fourth-order valence-electron chi connectivity index (χ4n) is 1.54. The van der Waals surface area contributed by atoms with Crippen LogP contribution in [0.5, 0.6) is 0 Å². The van der Waals surface area contributed by atoms with E-state index in [9.17, 15) is 0 Å². The molecule has 0 saturated carbocycles. The Hall–Kier alpha value is -1.64. The summed E-state index contributed by atoms with van der Waals surface area (Å²) in [7, 11) is 0. The molecule has 0 aromatic carbocycles. The minimum Gasteiger partial charge on any atom is -0.357 e. The molecule has 0 spiro atoms. The predicted molar refractivity (Wildman–Crippen MR) is 69.4 cm³/mol. The van der Waals surface area contributed by atoms with Crippen molar-refractivity contribution in [1.29, 1.82) is 5.41 Å². The molecule has 3 heteroatoms. The quantitative estimate of drug-likeness (QED) is 0.770. The first kappa shape index (κ1) is 12.4. The number of nitrogens with zero attached hydrogens (tertiary/aromatic N) is 2. The van der Waals surface area contributed by atoms with Gasteiger partial charge in [0.1, 0.15) is 5.82 Å². The molecule has 0 aliphatic carbocycles. The third-order valence-corrected chi connectivity index (χ3v) is 2.48. The van der Waals surface area contributed by atoms with Crippen LogP contribution >= 0.6 is 0 Å². The highest BCUT2D eigenvalue weighted by molar-refractivity contribution is 6.06. The van der Waals surface area contributed by atoms with Gasteiger partial charge in [-0.15, -0.1) is 0 Å². The van der Waals surface area contributed by atoms with Gasteiger partial charge in [-0.05, 0) is 39.0 Å². The van der Waals surface area contributed by atoms with Crippen molar-refractivity contribution in [1.82, 2.24) is 4.98 Å². The average Bonchev–Trinajstić information content (AvgIpc) is 2.32. The zero-order chi connectivity index (χ0) is 12.0. The molecular weight excluding hydrogens is 198 g/mol. The van der Waals surface area contributed by atoms with Crippen LogP contribution in [-0.4, -0.2) is 23.8 Å². The van der Waals surface area contributed by atoms with Crippen LogP contribution in [0.2, 0.25) is 0 Å². The van der Waals surface area contributed by atoms with E-state index in [1.807, 2.05) is 25.1 Å². The lowest BCUT2D eigenvalue weighted by Crippen LogP contribution is -2.22. The monoisotopic (exact) mass is 217 g/mol. The molecule has 1 aromatic rings. The fourth-order valence-corrected chi connectivity index (χ4v) is 1.54. The Morgan fingerprint density at radius 1 is 1.38 bits per heavy atom. The van der Waals surface area contributed by atoms with Gasteiger partial charge in [0, 0.05) is 24.8 Å². The summed E-state index contributed by atoms with van der Waals surface area (Å²) in [6, 6.07) is 3.92. The van der Waals surface area contributed by atoms with Gasteiger partial charge in [-0.25, -0.2) is 4.98 Å². The highest BCUT2D eigenvalue weighted by Gasteiger charge is 2.03. The van der Waals surface area contributed by atoms with Crippen LogP contribution in [0.4, 0.5) is 5.82 Å². The number of anilines is 1. The van der Waals surface area contributed by atoms with Crippen molar-refractivity contribution in [2.24, 2.45) is 0 Å². The molecule has 0 aliphatic heterocycles. The third kappa shape index (κ3) is 2.92. The summed E-state index contributed by atoms with van der Waals surface area (Å²) in [6.07, 6.45) is 5.39. The molecule has 1 aromatic heterocycles. The van der Waals surface area contributed by atoms with Gasteiger partial charge in [0.2, 0.25) is 0 Å². The summed E-state index contributed by atoms with van der Waals surface area (Å²) in [5.74, 6) is 0.974. The SMILES string of the molecule is C/C=C\C(=N)c1ccc(N(CC)CC)nc1. The van der Waals surface area contributed by atoms with Crippen LogP contribution in [0, 0.1) is 5.41 Å². The first-order valence-corrected chi connectivity index (χ1v) is 5.65. The maximum atomic E-state index is 7.76. The van der Waals surface area contributed by atoms with Crippen LogP contribution in [0.25, 0.3) is 0 Å². The smallest absolute Gasteiger partial charge is 0.128 e. The van der Waals surface area contributed by atoms with Crippen molar-refractivity contribution in [3.63, 3.8) is 0 Å². The highest BCUT2D eigenvalue weighted by Crippen LogP contribution is 2.11. The summed E-state index contributed by atoms with van der Waals surface area (Å²) in [5, 5.41) is 7.76. The molecule has 0 unspecified atom stereocenters. The first-order valence-electron chi connectivity index (χ1n) is 5.65. The summed E-state index contributed by atoms with van der Waals surface area (Å²) in [6.45, 7) is 8.04. The number of rotatable bonds is 5. The van der Waals surface area contributed by atoms with E-state index in [-0.39, 0.29) is 0 Å². The lowest BCUT2D eigenvalue weighted by atomic mass is 10.1. The van der Waals surface area contributed by atoms with Crippen LogP contribution in [-0.2, 0) is 0 Å².